The van der Waals surface area contributed by atoms with E-state index < -0.39 is 10.8 Å². The van der Waals surface area contributed by atoms with E-state index in [1.165, 1.54) is 0 Å². The van der Waals surface area contributed by atoms with Crippen LogP contribution in [0.3, 0.4) is 0 Å². The third-order valence-corrected chi connectivity index (χ3v) is 4.60. The van der Waals surface area contributed by atoms with Gasteiger partial charge in [0.2, 0.25) is 0 Å². The molecule has 0 heterocycles. The highest BCUT2D eigenvalue weighted by Crippen LogP contribution is 2.28. The maximum absolute atomic E-state index is 12.6. The average molecular weight is 269 g/mol. The summed E-state index contributed by atoms with van der Waals surface area (Å²) in [7, 11) is -1.20. The molecule has 2 unspecified atom stereocenters. The van der Waals surface area contributed by atoms with Crippen LogP contribution in [0.5, 0.6) is 0 Å². The molecule has 96 valence electrons. The first kappa shape index (κ1) is 13.5. The second-order valence-electron chi connectivity index (χ2n) is 4.38. The lowest BCUT2D eigenvalue weighted by Crippen LogP contribution is -2.06. The highest BCUT2D eigenvalue weighted by molar-refractivity contribution is 7.85. The number of rotatable bonds is 4. The average Bonchev–Trinajstić information content (AvgIpc) is 2.45. The molecule has 2 aromatic carbocycles. The van der Waals surface area contributed by atoms with Crippen LogP contribution in [-0.2, 0) is 10.8 Å². The smallest absolute Gasteiger partial charge is 0.0773 e. The normalized spacial score (nSPS) is 13.5. The van der Waals surface area contributed by atoms with Crippen molar-refractivity contribution in [1.29, 1.82) is 5.26 Å². The summed E-state index contributed by atoms with van der Waals surface area (Å²) in [5, 5.41) is 8.69. The fourth-order valence-corrected chi connectivity index (χ4v) is 3.45. The third-order valence-electron chi connectivity index (χ3n) is 2.93. The van der Waals surface area contributed by atoms with Gasteiger partial charge in [-0.15, -0.1) is 0 Å². The summed E-state index contributed by atoms with van der Waals surface area (Å²) in [6.07, 6.45) is 0.255. The minimum atomic E-state index is -1.20. The van der Waals surface area contributed by atoms with Crippen molar-refractivity contribution in [2.45, 2.75) is 23.5 Å². The van der Waals surface area contributed by atoms with Gasteiger partial charge in [-0.2, -0.15) is 5.26 Å². The van der Waals surface area contributed by atoms with Crippen LogP contribution in [-0.4, -0.2) is 4.21 Å². The molecule has 0 aliphatic carbocycles. The Labute approximate surface area is 116 Å². The van der Waals surface area contributed by atoms with Gasteiger partial charge >= 0.3 is 0 Å². The molecule has 0 aromatic heterocycles. The van der Waals surface area contributed by atoms with E-state index in [1.807, 2.05) is 61.5 Å². The molecule has 2 rings (SSSR count). The Morgan fingerprint density at radius 2 is 1.89 bits per heavy atom. The van der Waals surface area contributed by atoms with Gasteiger partial charge in [-0.1, -0.05) is 42.5 Å². The number of hydrogen-bond donors (Lipinski definition) is 0. The zero-order chi connectivity index (χ0) is 13.7. The van der Waals surface area contributed by atoms with Crippen molar-refractivity contribution in [2.24, 2.45) is 0 Å². The Morgan fingerprint density at radius 1 is 1.16 bits per heavy atom. The van der Waals surface area contributed by atoms with Crippen molar-refractivity contribution < 1.29 is 4.21 Å². The van der Waals surface area contributed by atoms with E-state index in [4.69, 9.17) is 5.26 Å². The molecule has 0 spiro atoms. The summed E-state index contributed by atoms with van der Waals surface area (Å²) in [5.74, 6) is 0. The van der Waals surface area contributed by atoms with Crippen molar-refractivity contribution in [3.05, 3.63) is 65.7 Å². The molecule has 0 radical (unpaired) electrons. The van der Waals surface area contributed by atoms with Crippen LogP contribution < -0.4 is 0 Å². The van der Waals surface area contributed by atoms with Gasteiger partial charge in [0.25, 0.3) is 0 Å². The fraction of sp³-hybridized carbons (Fsp3) is 0.188. The minimum Gasteiger partial charge on any atom is -0.254 e. The lowest BCUT2D eigenvalue weighted by atomic mass is 10.1. The van der Waals surface area contributed by atoms with Crippen LogP contribution >= 0.6 is 0 Å². The van der Waals surface area contributed by atoms with Crippen molar-refractivity contribution in [1.82, 2.24) is 0 Å². The van der Waals surface area contributed by atoms with Crippen molar-refractivity contribution in [3.8, 4) is 6.07 Å². The van der Waals surface area contributed by atoms with Crippen LogP contribution in [0.25, 0.3) is 0 Å². The predicted octanol–water partition coefficient (Wildman–Crippen LogP) is 3.76. The first-order chi connectivity index (χ1) is 9.22. The molecule has 0 aliphatic rings. The summed E-state index contributed by atoms with van der Waals surface area (Å²) in [5.41, 5.74) is 2.03. The van der Waals surface area contributed by atoms with Crippen LogP contribution in [0.15, 0.2) is 59.5 Å². The maximum atomic E-state index is 12.6. The van der Waals surface area contributed by atoms with Crippen LogP contribution in [0.2, 0.25) is 0 Å². The summed E-state index contributed by atoms with van der Waals surface area (Å²) in [4.78, 5) is 0.782. The first-order valence-corrected chi connectivity index (χ1v) is 7.33. The lowest BCUT2D eigenvalue weighted by molar-refractivity contribution is 0.672. The van der Waals surface area contributed by atoms with E-state index in [0.29, 0.717) is 0 Å². The number of aryl methyl sites for hydroxylation is 1. The third kappa shape index (κ3) is 3.30. The molecule has 0 amide bonds. The van der Waals surface area contributed by atoms with Gasteiger partial charge in [-0.05, 0) is 30.2 Å². The number of nitriles is 1. The van der Waals surface area contributed by atoms with Gasteiger partial charge < -0.3 is 0 Å². The molecule has 0 saturated carbocycles. The zero-order valence-corrected chi connectivity index (χ0v) is 11.6. The Hall–Kier alpha value is -1.92. The SMILES string of the molecule is Cc1cccc(S(=O)C(CC#N)c2ccccc2)c1. The predicted molar refractivity (Wildman–Crippen MR) is 77.0 cm³/mol. The molecule has 19 heavy (non-hydrogen) atoms. The Balaban J connectivity index is 2.35. The Morgan fingerprint density at radius 3 is 2.53 bits per heavy atom. The summed E-state index contributed by atoms with van der Waals surface area (Å²) in [6.45, 7) is 1.97. The molecule has 2 nitrogen and oxygen atoms in total. The highest BCUT2D eigenvalue weighted by Gasteiger charge is 2.20. The van der Waals surface area contributed by atoms with Crippen molar-refractivity contribution >= 4 is 10.8 Å². The zero-order valence-electron chi connectivity index (χ0n) is 10.7. The first-order valence-electron chi connectivity index (χ1n) is 6.11. The van der Waals surface area contributed by atoms with Crippen molar-refractivity contribution in [3.63, 3.8) is 0 Å². The van der Waals surface area contributed by atoms with E-state index in [9.17, 15) is 4.21 Å². The largest absolute Gasteiger partial charge is 0.254 e. The van der Waals surface area contributed by atoms with E-state index in [0.717, 1.165) is 16.0 Å². The van der Waals surface area contributed by atoms with E-state index >= 15 is 0 Å². The van der Waals surface area contributed by atoms with Gasteiger partial charge in [-0.3, -0.25) is 4.21 Å². The standard InChI is InChI=1S/C16H15NOS/c1-13-6-5-9-15(12-13)19(18)16(10-11-17)14-7-3-2-4-8-14/h2-9,12,16H,10H2,1H3. The maximum Gasteiger partial charge on any atom is 0.0773 e. The van der Waals surface area contributed by atoms with E-state index in [2.05, 4.69) is 6.07 Å². The van der Waals surface area contributed by atoms with Crippen LogP contribution in [0, 0.1) is 18.3 Å². The molecule has 3 heteroatoms. The quantitative estimate of drug-likeness (QED) is 0.848. The van der Waals surface area contributed by atoms with Crippen LogP contribution in [0.1, 0.15) is 22.8 Å². The Bertz CT molecular complexity index is 616. The number of benzene rings is 2. The molecule has 0 aliphatic heterocycles. The van der Waals surface area contributed by atoms with Crippen LogP contribution in [0.4, 0.5) is 0 Å². The van der Waals surface area contributed by atoms with Crippen molar-refractivity contribution in [2.75, 3.05) is 0 Å². The topological polar surface area (TPSA) is 40.9 Å². The molecule has 0 bridgehead atoms. The van der Waals surface area contributed by atoms with Gasteiger partial charge in [0.05, 0.1) is 28.5 Å². The molecular weight excluding hydrogens is 254 g/mol. The molecule has 2 atom stereocenters. The minimum absolute atomic E-state index is 0.255. The van der Waals surface area contributed by atoms with E-state index in [1.54, 1.807) is 0 Å². The van der Waals surface area contributed by atoms with Gasteiger partial charge in [0, 0.05) is 4.90 Å². The summed E-state index contributed by atoms with van der Waals surface area (Å²) >= 11 is 0. The number of hydrogen-bond acceptors (Lipinski definition) is 2. The Kier molecular flexibility index (Phi) is 4.48. The second-order valence-corrected chi connectivity index (χ2v) is 6.01. The fourth-order valence-electron chi connectivity index (χ4n) is 1.97. The van der Waals surface area contributed by atoms with Gasteiger partial charge in [0.15, 0.2) is 0 Å². The molecule has 2 aromatic rings. The lowest BCUT2D eigenvalue weighted by Gasteiger charge is -2.14. The van der Waals surface area contributed by atoms with E-state index in [-0.39, 0.29) is 11.7 Å². The molecule has 0 N–H and O–H groups in total. The summed E-state index contributed by atoms with van der Waals surface area (Å²) < 4.78 is 12.6. The number of nitrogens with zero attached hydrogens (tertiary/aromatic N) is 1. The highest BCUT2D eigenvalue weighted by atomic mass is 32.2. The summed E-state index contributed by atoms with van der Waals surface area (Å²) in [6, 6.07) is 19.4. The van der Waals surface area contributed by atoms with Gasteiger partial charge in [-0.25, -0.2) is 0 Å². The second kappa shape index (κ2) is 6.31. The van der Waals surface area contributed by atoms with Gasteiger partial charge in [0.1, 0.15) is 0 Å². The monoisotopic (exact) mass is 269 g/mol. The molecule has 0 fully saturated rings. The molecular formula is C16H15NOS. The molecule has 0 saturated heterocycles.